The number of nitrogens with zero attached hydrogens (tertiary/aromatic N) is 3. The molecule has 0 unspecified atom stereocenters. The summed E-state index contributed by atoms with van der Waals surface area (Å²) in [6, 6.07) is 1.84. The van der Waals surface area contributed by atoms with Crippen LogP contribution in [0.2, 0.25) is 10.2 Å². The first-order chi connectivity index (χ1) is 7.97. The largest absolute Gasteiger partial charge is 0.357 e. The maximum atomic E-state index is 5.99. The van der Waals surface area contributed by atoms with Crippen molar-refractivity contribution in [2.75, 3.05) is 20.6 Å². The van der Waals surface area contributed by atoms with Crippen molar-refractivity contribution >= 4 is 29.2 Å². The molecule has 0 saturated heterocycles. The van der Waals surface area contributed by atoms with E-state index >= 15 is 0 Å². The molecule has 17 heavy (non-hydrogen) atoms. The lowest BCUT2D eigenvalue weighted by Gasteiger charge is -2.16. The number of guanidine groups is 1. The molecular weight excluding hydrogens is 259 g/mol. The van der Waals surface area contributed by atoms with Gasteiger partial charge in [-0.15, -0.1) is 0 Å². The van der Waals surface area contributed by atoms with Gasteiger partial charge in [0.1, 0.15) is 5.15 Å². The van der Waals surface area contributed by atoms with Gasteiger partial charge < -0.3 is 14.8 Å². The van der Waals surface area contributed by atoms with Crippen LogP contribution < -0.4 is 5.32 Å². The summed E-state index contributed by atoms with van der Waals surface area (Å²) < 4.78 is 1.84. The molecule has 1 rings (SSSR count). The van der Waals surface area contributed by atoms with Crippen molar-refractivity contribution in [3.63, 3.8) is 0 Å². The standard InChI is InChI=1S/C11H18Cl2N4/c1-5-14-11(16(2)3)15-7-8-6-9(12)10(13)17(8)4/h6H,5,7H2,1-4H3,(H,14,15). The average molecular weight is 277 g/mol. The van der Waals surface area contributed by atoms with Gasteiger partial charge in [0, 0.05) is 33.4 Å². The van der Waals surface area contributed by atoms with Gasteiger partial charge in [0.05, 0.1) is 11.6 Å². The third-order valence-electron chi connectivity index (χ3n) is 2.37. The highest BCUT2D eigenvalue weighted by Gasteiger charge is 2.08. The lowest BCUT2D eigenvalue weighted by atomic mass is 10.4. The Kier molecular flexibility index (Phi) is 5.15. The summed E-state index contributed by atoms with van der Waals surface area (Å²) in [5.74, 6) is 0.848. The molecule has 4 nitrogen and oxygen atoms in total. The van der Waals surface area contributed by atoms with Crippen LogP contribution >= 0.6 is 23.2 Å². The number of nitrogens with one attached hydrogen (secondary N) is 1. The van der Waals surface area contributed by atoms with E-state index in [-0.39, 0.29) is 0 Å². The first-order valence-electron chi connectivity index (χ1n) is 5.42. The third-order valence-corrected chi connectivity index (χ3v) is 3.21. The molecule has 1 N–H and O–H groups in total. The molecule has 0 aliphatic heterocycles. The molecule has 0 radical (unpaired) electrons. The van der Waals surface area contributed by atoms with Crippen LogP contribution in [0.1, 0.15) is 12.6 Å². The van der Waals surface area contributed by atoms with Crippen LogP contribution in [-0.4, -0.2) is 36.1 Å². The molecule has 6 heteroatoms. The Hall–Kier alpha value is -0.870. The maximum absolute atomic E-state index is 5.99. The molecule has 1 aromatic rings. The zero-order chi connectivity index (χ0) is 13.0. The predicted molar refractivity (Wildman–Crippen MR) is 73.9 cm³/mol. The molecule has 0 aromatic carbocycles. The van der Waals surface area contributed by atoms with Gasteiger partial charge in [-0.2, -0.15) is 0 Å². The normalized spacial score (nSPS) is 11.8. The maximum Gasteiger partial charge on any atom is 0.193 e. The fourth-order valence-electron chi connectivity index (χ4n) is 1.41. The van der Waals surface area contributed by atoms with Crippen molar-refractivity contribution in [1.82, 2.24) is 14.8 Å². The Morgan fingerprint density at radius 2 is 2.12 bits per heavy atom. The van der Waals surface area contributed by atoms with Gasteiger partial charge in [0.15, 0.2) is 5.96 Å². The Labute approximate surface area is 112 Å². The molecule has 0 atom stereocenters. The van der Waals surface area contributed by atoms with Crippen LogP contribution in [-0.2, 0) is 13.6 Å². The highest BCUT2D eigenvalue weighted by Crippen LogP contribution is 2.25. The smallest absolute Gasteiger partial charge is 0.193 e. The highest BCUT2D eigenvalue weighted by molar-refractivity contribution is 6.41. The second-order valence-electron chi connectivity index (χ2n) is 3.90. The summed E-state index contributed by atoms with van der Waals surface area (Å²) in [6.45, 7) is 3.42. The van der Waals surface area contributed by atoms with Crippen LogP contribution in [0.15, 0.2) is 11.1 Å². The molecule has 0 aliphatic carbocycles. The minimum atomic E-state index is 0.545. The van der Waals surface area contributed by atoms with Crippen molar-refractivity contribution < 1.29 is 0 Å². The Morgan fingerprint density at radius 1 is 1.47 bits per heavy atom. The lowest BCUT2D eigenvalue weighted by Crippen LogP contribution is -2.36. The summed E-state index contributed by atoms with van der Waals surface area (Å²) >= 11 is 11.9. The molecule has 0 bridgehead atoms. The number of aliphatic imine (C=N–C) groups is 1. The first-order valence-corrected chi connectivity index (χ1v) is 6.18. The van der Waals surface area contributed by atoms with Gasteiger partial charge in [-0.05, 0) is 13.0 Å². The summed E-state index contributed by atoms with van der Waals surface area (Å²) in [7, 11) is 5.78. The minimum Gasteiger partial charge on any atom is -0.357 e. The molecule has 0 fully saturated rings. The van der Waals surface area contributed by atoms with E-state index in [2.05, 4.69) is 10.3 Å². The van der Waals surface area contributed by atoms with E-state index in [4.69, 9.17) is 23.2 Å². The fourth-order valence-corrected chi connectivity index (χ4v) is 1.83. The van der Waals surface area contributed by atoms with Crippen molar-refractivity contribution in [1.29, 1.82) is 0 Å². The van der Waals surface area contributed by atoms with Crippen LogP contribution in [0.4, 0.5) is 0 Å². The Bertz CT molecular complexity index is 410. The van der Waals surface area contributed by atoms with Crippen molar-refractivity contribution in [2.45, 2.75) is 13.5 Å². The van der Waals surface area contributed by atoms with Crippen LogP contribution in [0.25, 0.3) is 0 Å². The predicted octanol–water partition coefficient (Wildman–Crippen LogP) is 2.36. The van der Waals surface area contributed by atoms with E-state index < -0.39 is 0 Å². The second kappa shape index (κ2) is 6.17. The number of rotatable bonds is 3. The van der Waals surface area contributed by atoms with Gasteiger partial charge in [0.2, 0.25) is 0 Å². The van der Waals surface area contributed by atoms with Crippen LogP contribution in [0.3, 0.4) is 0 Å². The topological polar surface area (TPSA) is 32.6 Å². The van der Waals surface area contributed by atoms with Gasteiger partial charge in [-0.1, -0.05) is 23.2 Å². The molecule has 1 heterocycles. The number of aromatic nitrogens is 1. The molecule has 0 spiro atoms. The zero-order valence-corrected chi connectivity index (χ0v) is 12.1. The summed E-state index contributed by atoms with van der Waals surface area (Å²) in [5, 5.41) is 4.31. The minimum absolute atomic E-state index is 0.545. The highest BCUT2D eigenvalue weighted by atomic mass is 35.5. The average Bonchev–Trinajstić information content (AvgIpc) is 2.52. The SMILES string of the molecule is CCNC(=NCc1cc(Cl)c(Cl)n1C)N(C)C. The van der Waals surface area contributed by atoms with Crippen LogP contribution in [0, 0.1) is 0 Å². The number of halogens is 2. The van der Waals surface area contributed by atoms with E-state index in [9.17, 15) is 0 Å². The number of hydrogen-bond donors (Lipinski definition) is 1. The lowest BCUT2D eigenvalue weighted by molar-refractivity contribution is 0.582. The van der Waals surface area contributed by atoms with E-state index in [1.807, 2.05) is 43.6 Å². The molecule has 0 aliphatic rings. The van der Waals surface area contributed by atoms with E-state index in [0.29, 0.717) is 16.7 Å². The van der Waals surface area contributed by atoms with E-state index in [0.717, 1.165) is 18.2 Å². The van der Waals surface area contributed by atoms with Gasteiger partial charge in [0.25, 0.3) is 0 Å². The molecule has 96 valence electrons. The van der Waals surface area contributed by atoms with E-state index in [1.165, 1.54) is 0 Å². The van der Waals surface area contributed by atoms with Gasteiger partial charge >= 0.3 is 0 Å². The summed E-state index contributed by atoms with van der Waals surface area (Å²) in [6.07, 6.45) is 0. The van der Waals surface area contributed by atoms with Crippen molar-refractivity contribution in [3.05, 3.63) is 21.9 Å². The third kappa shape index (κ3) is 3.54. The molecule has 0 amide bonds. The second-order valence-corrected chi connectivity index (χ2v) is 4.66. The molecule has 0 saturated carbocycles. The Morgan fingerprint density at radius 3 is 2.53 bits per heavy atom. The van der Waals surface area contributed by atoms with Crippen LogP contribution in [0.5, 0.6) is 0 Å². The van der Waals surface area contributed by atoms with E-state index in [1.54, 1.807) is 0 Å². The molecule has 1 aromatic heterocycles. The fraction of sp³-hybridized carbons (Fsp3) is 0.545. The van der Waals surface area contributed by atoms with Crippen molar-refractivity contribution in [2.24, 2.45) is 12.0 Å². The summed E-state index contributed by atoms with van der Waals surface area (Å²) in [5.41, 5.74) is 0.984. The van der Waals surface area contributed by atoms with Gasteiger partial charge in [-0.25, -0.2) is 4.99 Å². The van der Waals surface area contributed by atoms with Gasteiger partial charge in [-0.3, -0.25) is 0 Å². The zero-order valence-electron chi connectivity index (χ0n) is 10.6. The quantitative estimate of drug-likeness (QED) is 0.679. The monoisotopic (exact) mass is 276 g/mol. The molecular formula is C11H18Cl2N4. The van der Waals surface area contributed by atoms with Crippen molar-refractivity contribution in [3.8, 4) is 0 Å². The summed E-state index contributed by atoms with van der Waals surface area (Å²) in [4.78, 5) is 6.43. The number of hydrogen-bond acceptors (Lipinski definition) is 1. The first kappa shape index (κ1) is 14.2. The Balaban J connectivity index is 2.83.